The Bertz CT molecular complexity index is 1050. The van der Waals surface area contributed by atoms with E-state index in [1.54, 1.807) is 36.1 Å². The van der Waals surface area contributed by atoms with Gasteiger partial charge in [-0.15, -0.1) is 5.10 Å². The van der Waals surface area contributed by atoms with E-state index in [2.05, 4.69) is 10.00 Å². The molecule has 0 radical (unpaired) electrons. The van der Waals surface area contributed by atoms with E-state index in [1.165, 1.54) is 0 Å². The molecular formula is C23H25FN4O3. The van der Waals surface area contributed by atoms with Gasteiger partial charge in [-0.05, 0) is 48.4 Å². The smallest absolute Gasteiger partial charge is 0.248 e. The van der Waals surface area contributed by atoms with Crippen LogP contribution in [0.1, 0.15) is 33.9 Å². The molecule has 4 rings (SSSR count). The van der Waals surface area contributed by atoms with Gasteiger partial charge in [0.05, 0.1) is 12.7 Å². The van der Waals surface area contributed by atoms with Gasteiger partial charge in [0.15, 0.2) is 0 Å². The fourth-order valence-electron chi connectivity index (χ4n) is 3.94. The molecule has 0 aliphatic carbocycles. The molecule has 0 spiro atoms. The zero-order valence-electron chi connectivity index (χ0n) is 17.5. The van der Waals surface area contributed by atoms with E-state index in [9.17, 15) is 9.18 Å². The Morgan fingerprint density at radius 3 is 2.42 bits per heavy atom. The van der Waals surface area contributed by atoms with Crippen molar-refractivity contribution in [1.29, 1.82) is 0 Å². The fourth-order valence-corrected chi connectivity index (χ4v) is 3.94. The van der Waals surface area contributed by atoms with Gasteiger partial charge < -0.3 is 15.2 Å². The van der Waals surface area contributed by atoms with Crippen LogP contribution in [0.15, 0.2) is 54.7 Å². The van der Waals surface area contributed by atoms with Crippen molar-refractivity contribution < 1.29 is 18.7 Å². The number of amides is 1. The lowest BCUT2D eigenvalue weighted by Gasteiger charge is -2.23. The number of ether oxygens (including phenoxy) is 2. The number of hydrogen-bond donors (Lipinski definition) is 1. The minimum Gasteiger partial charge on any atom is -0.480 e. The van der Waals surface area contributed by atoms with Crippen molar-refractivity contribution in [2.45, 2.75) is 25.2 Å². The lowest BCUT2D eigenvalue weighted by molar-refractivity contribution is 0.100. The van der Waals surface area contributed by atoms with Gasteiger partial charge in [-0.3, -0.25) is 14.4 Å². The van der Waals surface area contributed by atoms with E-state index < -0.39 is 12.1 Å². The van der Waals surface area contributed by atoms with Gasteiger partial charge in [-0.2, -0.15) is 0 Å². The maximum Gasteiger partial charge on any atom is 0.248 e. The number of nitrogens with zero attached hydrogens (tertiary/aromatic N) is 3. The second-order valence-electron chi connectivity index (χ2n) is 7.68. The molecule has 1 fully saturated rings. The number of primary amides is 1. The molecule has 2 unspecified atom stereocenters. The minimum atomic E-state index is -0.888. The normalized spacial score (nSPS) is 18.8. The predicted molar refractivity (Wildman–Crippen MR) is 114 cm³/mol. The highest BCUT2D eigenvalue weighted by Crippen LogP contribution is 2.38. The topological polar surface area (TPSA) is 82.6 Å². The van der Waals surface area contributed by atoms with Crippen molar-refractivity contribution in [3.63, 3.8) is 0 Å². The van der Waals surface area contributed by atoms with Gasteiger partial charge in [-0.25, -0.2) is 4.39 Å². The maximum absolute atomic E-state index is 14.3. The highest BCUT2D eigenvalue weighted by atomic mass is 19.1. The Morgan fingerprint density at radius 2 is 1.81 bits per heavy atom. The maximum atomic E-state index is 14.3. The summed E-state index contributed by atoms with van der Waals surface area (Å²) in [5.74, 6) is 1.35. The van der Waals surface area contributed by atoms with E-state index in [1.807, 2.05) is 37.5 Å². The summed E-state index contributed by atoms with van der Waals surface area (Å²) in [5.41, 5.74) is 7.64. The van der Waals surface area contributed by atoms with Crippen molar-refractivity contribution in [2.24, 2.45) is 12.8 Å². The quantitative estimate of drug-likeness (QED) is 0.627. The average Bonchev–Trinajstić information content (AvgIpc) is 3.31. The summed E-state index contributed by atoms with van der Waals surface area (Å²) in [6, 6.07) is 14.3. The van der Waals surface area contributed by atoms with E-state index in [0.29, 0.717) is 42.5 Å². The van der Waals surface area contributed by atoms with Crippen molar-refractivity contribution in [3.8, 4) is 17.4 Å². The van der Waals surface area contributed by atoms with Crippen LogP contribution in [0.3, 0.4) is 0 Å². The molecule has 1 aliphatic heterocycles. The summed E-state index contributed by atoms with van der Waals surface area (Å²) in [6.45, 7) is 0.976. The van der Waals surface area contributed by atoms with Gasteiger partial charge in [0.1, 0.15) is 17.7 Å². The Balaban J connectivity index is 1.44. The Kier molecular flexibility index (Phi) is 5.90. The highest BCUT2D eigenvalue weighted by molar-refractivity contribution is 5.92. The number of carbonyl (C=O) groups is 1. The SMILES string of the molecule is COc1nn(C)cc1C1CC(F)CN1Cc1ccc(Oc2ccc(C(N)=O)cc2)cc1. The van der Waals surface area contributed by atoms with E-state index in [-0.39, 0.29) is 6.04 Å². The number of hydrogen-bond acceptors (Lipinski definition) is 5. The first kappa shape index (κ1) is 20.9. The summed E-state index contributed by atoms with van der Waals surface area (Å²) in [6.07, 6.45) is 1.43. The van der Waals surface area contributed by atoms with Gasteiger partial charge in [0, 0.05) is 37.9 Å². The Morgan fingerprint density at radius 1 is 1.16 bits per heavy atom. The summed E-state index contributed by atoms with van der Waals surface area (Å²) in [7, 11) is 3.41. The van der Waals surface area contributed by atoms with Crippen LogP contribution in [-0.2, 0) is 13.6 Å². The number of alkyl halides is 1. The number of likely N-dealkylation sites (tertiary alicyclic amines) is 1. The van der Waals surface area contributed by atoms with Crippen LogP contribution in [0, 0.1) is 0 Å². The van der Waals surface area contributed by atoms with Crippen LogP contribution < -0.4 is 15.2 Å². The summed E-state index contributed by atoms with van der Waals surface area (Å²) < 4.78 is 27.2. The lowest BCUT2D eigenvalue weighted by Crippen LogP contribution is -2.23. The first-order valence-electron chi connectivity index (χ1n) is 10.0. The fraction of sp³-hybridized carbons (Fsp3) is 0.304. The average molecular weight is 424 g/mol. The molecule has 2 heterocycles. The molecule has 0 saturated carbocycles. The predicted octanol–water partition coefficient (Wildman–Crippen LogP) is 3.61. The molecule has 1 saturated heterocycles. The number of methoxy groups -OCH3 is 1. The number of benzene rings is 2. The second-order valence-corrected chi connectivity index (χ2v) is 7.68. The highest BCUT2D eigenvalue weighted by Gasteiger charge is 2.36. The number of halogens is 1. The van der Waals surface area contributed by atoms with E-state index in [0.717, 1.165) is 11.1 Å². The summed E-state index contributed by atoms with van der Waals surface area (Å²) in [5, 5.41) is 4.31. The van der Waals surface area contributed by atoms with Gasteiger partial charge in [-0.1, -0.05) is 12.1 Å². The van der Waals surface area contributed by atoms with Crippen molar-refractivity contribution in [1.82, 2.24) is 14.7 Å². The van der Waals surface area contributed by atoms with Crippen LogP contribution in [0.4, 0.5) is 4.39 Å². The number of rotatable bonds is 7. The molecule has 1 aliphatic rings. The monoisotopic (exact) mass is 424 g/mol. The number of aromatic nitrogens is 2. The first-order valence-corrected chi connectivity index (χ1v) is 10.0. The largest absolute Gasteiger partial charge is 0.480 e. The van der Waals surface area contributed by atoms with Crippen LogP contribution in [0.5, 0.6) is 17.4 Å². The number of aryl methyl sites for hydroxylation is 1. The minimum absolute atomic E-state index is 0.0849. The number of nitrogens with two attached hydrogens (primary N) is 1. The molecule has 162 valence electrons. The van der Waals surface area contributed by atoms with E-state index >= 15 is 0 Å². The van der Waals surface area contributed by atoms with Gasteiger partial charge in [0.25, 0.3) is 0 Å². The molecule has 8 heteroatoms. The van der Waals surface area contributed by atoms with Gasteiger partial charge in [0.2, 0.25) is 11.8 Å². The van der Waals surface area contributed by atoms with Crippen LogP contribution in [0.25, 0.3) is 0 Å². The third-order valence-electron chi connectivity index (χ3n) is 5.41. The third kappa shape index (κ3) is 4.69. The molecule has 1 aromatic heterocycles. The molecule has 2 aromatic carbocycles. The molecule has 31 heavy (non-hydrogen) atoms. The molecule has 2 atom stereocenters. The molecule has 0 bridgehead atoms. The lowest BCUT2D eigenvalue weighted by atomic mass is 10.1. The van der Waals surface area contributed by atoms with Crippen molar-refractivity contribution in [2.75, 3.05) is 13.7 Å². The van der Waals surface area contributed by atoms with Crippen molar-refractivity contribution >= 4 is 5.91 Å². The number of carbonyl (C=O) groups excluding carboxylic acids is 1. The molecule has 3 aromatic rings. The van der Waals surface area contributed by atoms with Crippen LogP contribution in [-0.4, -0.2) is 40.4 Å². The van der Waals surface area contributed by atoms with Crippen molar-refractivity contribution in [3.05, 3.63) is 71.4 Å². The Hall–Kier alpha value is -3.39. The third-order valence-corrected chi connectivity index (χ3v) is 5.41. The van der Waals surface area contributed by atoms with Gasteiger partial charge >= 0.3 is 0 Å². The zero-order valence-corrected chi connectivity index (χ0v) is 17.5. The van der Waals surface area contributed by atoms with E-state index in [4.69, 9.17) is 15.2 Å². The van der Waals surface area contributed by atoms with Crippen LogP contribution >= 0.6 is 0 Å². The molecule has 7 nitrogen and oxygen atoms in total. The Labute approximate surface area is 180 Å². The molecule has 1 amide bonds. The zero-order chi connectivity index (χ0) is 22.0. The second kappa shape index (κ2) is 8.77. The first-order chi connectivity index (χ1) is 14.9. The molecular weight excluding hydrogens is 399 g/mol. The summed E-state index contributed by atoms with van der Waals surface area (Å²) in [4.78, 5) is 13.3. The standard InChI is InChI=1S/C23H25FN4O3/c1-27-14-20(23(26-27)30-2)21-11-17(24)13-28(21)12-15-3-7-18(8-4-15)31-19-9-5-16(6-10-19)22(25)29/h3-10,14,17,21H,11-13H2,1-2H3,(H2,25,29). The van der Waals surface area contributed by atoms with Crippen LogP contribution in [0.2, 0.25) is 0 Å². The molecule has 2 N–H and O–H groups in total. The summed E-state index contributed by atoms with van der Waals surface area (Å²) >= 11 is 0.